The lowest BCUT2D eigenvalue weighted by Gasteiger charge is -2.24. The second-order valence-electron chi connectivity index (χ2n) is 8.85. The third-order valence-electron chi connectivity index (χ3n) is 6.36. The van der Waals surface area contributed by atoms with Crippen LogP contribution in [0, 0.1) is 6.92 Å². The maximum Gasteiger partial charge on any atom is 0.416 e. The van der Waals surface area contributed by atoms with Gasteiger partial charge in [-0.2, -0.15) is 13.2 Å². The molecule has 3 heterocycles. The molecule has 1 aromatic heterocycles. The molecule has 0 saturated carbocycles. The number of carbonyl (C=O) groups excluding carboxylic acids is 2. The van der Waals surface area contributed by atoms with Crippen molar-refractivity contribution >= 4 is 17.4 Å². The number of aryl methyl sites for hydroxylation is 2. The van der Waals surface area contributed by atoms with Crippen molar-refractivity contribution in [3.8, 4) is 5.75 Å². The lowest BCUT2D eigenvalue weighted by molar-refractivity contribution is -0.140. The first kappa shape index (κ1) is 23.7. The van der Waals surface area contributed by atoms with Crippen molar-refractivity contribution in [1.29, 1.82) is 0 Å². The summed E-state index contributed by atoms with van der Waals surface area (Å²) in [6.45, 7) is 2.00. The van der Waals surface area contributed by atoms with E-state index < -0.39 is 29.5 Å². The Hall–Kier alpha value is -4.01. The minimum absolute atomic E-state index is 0.182. The number of ether oxygens (including phenoxy) is 1. The van der Waals surface area contributed by atoms with E-state index in [1.54, 1.807) is 37.3 Å². The van der Waals surface area contributed by atoms with Crippen molar-refractivity contribution in [2.75, 3.05) is 6.61 Å². The number of fused-ring (bicyclic) bond motifs is 1. The number of rotatable bonds is 4. The van der Waals surface area contributed by atoms with Crippen LogP contribution < -0.4 is 4.74 Å². The Balaban J connectivity index is 1.59. The summed E-state index contributed by atoms with van der Waals surface area (Å²) < 4.78 is 51.1. The van der Waals surface area contributed by atoms with Crippen molar-refractivity contribution in [2.45, 2.75) is 38.5 Å². The van der Waals surface area contributed by atoms with E-state index in [4.69, 9.17) is 9.15 Å². The Morgan fingerprint density at radius 1 is 1.11 bits per heavy atom. The Bertz CT molecular complexity index is 1390. The lowest BCUT2D eigenvalue weighted by atomic mass is 9.96. The fraction of sp³-hybridized carbons (Fsp3) is 0.259. The quantitative estimate of drug-likeness (QED) is 0.290. The van der Waals surface area contributed by atoms with Crippen LogP contribution in [-0.4, -0.2) is 28.3 Å². The summed E-state index contributed by atoms with van der Waals surface area (Å²) in [5.41, 5.74) is 0.348. The molecule has 3 aromatic rings. The number of likely N-dealkylation sites (tertiary alicyclic amines) is 1. The molecule has 6 nitrogen and oxygen atoms in total. The van der Waals surface area contributed by atoms with Crippen molar-refractivity contribution in [1.82, 2.24) is 4.90 Å². The highest BCUT2D eigenvalue weighted by atomic mass is 19.4. The van der Waals surface area contributed by atoms with E-state index in [0.29, 0.717) is 23.7 Å². The van der Waals surface area contributed by atoms with E-state index in [1.807, 2.05) is 0 Å². The second kappa shape index (κ2) is 8.89. The van der Waals surface area contributed by atoms with Crippen LogP contribution in [-0.2, 0) is 28.7 Å². The van der Waals surface area contributed by atoms with Gasteiger partial charge < -0.3 is 19.2 Å². The summed E-state index contributed by atoms with van der Waals surface area (Å²) in [6, 6.07) is 11.7. The average Bonchev–Trinajstić information content (AvgIpc) is 3.39. The maximum absolute atomic E-state index is 13.2. The summed E-state index contributed by atoms with van der Waals surface area (Å²) in [5, 5.41) is 11.2. The second-order valence-corrected chi connectivity index (χ2v) is 8.85. The predicted octanol–water partition coefficient (Wildman–Crippen LogP) is 5.55. The molecular formula is C27H22F3NO5. The fourth-order valence-corrected chi connectivity index (χ4v) is 4.65. The number of furan rings is 1. The summed E-state index contributed by atoms with van der Waals surface area (Å²) in [5.74, 6) is -0.822. The van der Waals surface area contributed by atoms with Gasteiger partial charge in [-0.1, -0.05) is 12.1 Å². The molecule has 5 rings (SSSR count). The summed E-state index contributed by atoms with van der Waals surface area (Å²) in [4.78, 5) is 27.4. The number of carbonyl (C=O) groups is 2. The molecule has 1 unspecified atom stereocenters. The van der Waals surface area contributed by atoms with Gasteiger partial charge in [0.15, 0.2) is 0 Å². The van der Waals surface area contributed by atoms with Crippen LogP contribution in [0.15, 0.2) is 64.6 Å². The molecule has 0 aliphatic carbocycles. The highest BCUT2D eigenvalue weighted by Crippen LogP contribution is 2.42. The SMILES string of the molecule is Cc1ccc(C2/C(=C(/O)c3ccc4c(c3)CCCO4)C(=O)C(=O)N2Cc2cccc(C(F)(F)F)c2)o1. The zero-order valence-electron chi connectivity index (χ0n) is 19.3. The van der Waals surface area contributed by atoms with E-state index in [2.05, 4.69) is 0 Å². The molecule has 0 spiro atoms. The van der Waals surface area contributed by atoms with Crippen LogP contribution in [0.25, 0.3) is 5.76 Å². The molecule has 1 amide bonds. The first-order chi connectivity index (χ1) is 17.1. The number of Topliss-reactive ketones (excluding diaryl/α,β-unsaturated/α-hetero) is 1. The highest BCUT2D eigenvalue weighted by Gasteiger charge is 2.47. The number of halogens is 3. The van der Waals surface area contributed by atoms with Crippen molar-refractivity contribution in [2.24, 2.45) is 0 Å². The van der Waals surface area contributed by atoms with Crippen LogP contribution in [0.1, 0.15) is 46.2 Å². The Morgan fingerprint density at radius 3 is 2.64 bits per heavy atom. The molecular weight excluding hydrogens is 475 g/mol. The standard InChI is InChI=1S/C27H22F3NO5/c1-15-7-9-21(36-15)23-22(24(32)18-8-10-20-17(13-18)5-3-11-35-20)25(33)26(34)31(23)14-16-4-2-6-19(12-16)27(28,29)30/h2,4,6-10,12-13,23,32H,3,5,11,14H2,1H3/b24-22-. The van der Waals surface area contributed by atoms with Crippen LogP contribution in [0.5, 0.6) is 5.75 Å². The van der Waals surface area contributed by atoms with Crippen molar-refractivity contribution in [3.05, 3.63) is 93.9 Å². The number of aliphatic hydroxyl groups excluding tert-OH is 1. The topological polar surface area (TPSA) is 80.0 Å². The predicted molar refractivity (Wildman–Crippen MR) is 123 cm³/mol. The van der Waals surface area contributed by atoms with Gasteiger partial charge in [0.25, 0.3) is 11.7 Å². The Morgan fingerprint density at radius 2 is 1.92 bits per heavy atom. The normalized spacial score (nSPS) is 19.3. The Kier molecular flexibility index (Phi) is 5.86. The van der Waals surface area contributed by atoms with Gasteiger partial charge in [0.05, 0.1) is 17.7 Å². The minimum Gasteiger partial charge on any atom is -0.507 e. The van der Waals surface area contributed by atoms with Crippen LogP contribution >= 0.6 is 0 Å². The van der Waals surface area contributed by atoms with Crippen LogP contribution in [0.3, 0.4) is 0 Å². The van der Waals surface area contributed by atoms with Crippen LogP contribution in [0.4, 0.5) is 13.2 Å². The van der Waals surface area contributed by atoms with Gasteiger partial charge in [-0.15, -0.1) is 0 Å². The average molecular weight is 497 g/mol. The molecule has 1 N–H and O–H groups in total. The first-order valence-corrected chi connectivity index (χ1v) is 11.4. The van der Waals surface area contributed by atoms with Gasteiger partial charge in [0.2, 0.25) is 0 Å². The number of aliphatic hydroxyl groups is 1. The minimum atomic E-state index is -4.56. The maximum atomic E-state index is 13.2. The largest absolute Gasteiger partial charge is 0.507 e. The molecule has 186 valence electrons. The third kappa shape index (κ3) is 4.25. The van der Waals surface area contributed by atoms with Gasteiger partial charge in [0.1, 0.15) is 29.1 Å². The molecule has 2 aliphatic rings. The molecule has 1 fully saturated rings. The summed E-state index contributed by atoms with van der Waals surface area (Å²) in [6.07, 6.45) is -3.01. The van der Waals surface area contributed by atoms with Crippen LogP contribution in [0.2, 0.25) is 0 Å². The first-order valence-electron chi connectivity index (χ1n) is 11.4. The van der Waals surface area contributed by atoms with E-state index in [9.17, 15) is 27.9 Å². The van der Waals surface area contributed by atoms with E-state index >= 15 is 0 Å². The highest BCUT2D eigenvalue weighted by molar-refractivity contribution is 6.46. The van der Waals surface area contributed by atoms with Gasteiger partial charge in [0, 0.05) is 12.1 Å². The zero-order chi connectivity index (χ0) is 25.6. The molecule has 1 atom stereocenters. The smallest absolute Gasteiger partial charge is 0.416 e. The van der Waals surface area contributed by atoms with E-state index in [-0.39, 0.29) is 29.2 Å². The van der Waals surface area contributed by atoms with Gasteiger partial charge in [-0.05, 0) is 73.4 Å². The number of ketones is 1. The molecule has 0 radical (unpaired) electrons. The number of nitrogens with zero attached hydrogens (tertiary/aromatic N) is 1. The van der Waals surface area contributed by atoms with Gasteiger partial charge in [-0.25, -0.2) is 0 Å². The van der Waals surface area contributed by atoms with Gasteiger partial charge in [-0.3, -0.25) is 9.59 Å². The number of benzene rings is 2. The zero-order valence-corrected chi connectivity index (χ0v) is 19.3. The number of alkyl halides is 3. The molecule has 2 aromatic carbocycles. The van der Waals surface area contributed by atoms with E-state index in [1.165, 1.54) is 12.1 Å². The Labute approximate surface area is 204 Å². The monoisotopic (exact) mass is 497 g/mol. The molecule has 1 saturated heterocycles. The molecule has 36 heavy (non-hydrogen) atoms. The summed E-state index contributed by atoms with van der Waals surface area (Å²) >= 11 is 0. The number of hydrogen-bond donors (Lipinski definition) is 1. The number of amides is 1. The molecule has 2 aliphatic heterocycles. The van der Waals surface area contributed by atoms with Gasteiger partial charge >= 0.3 is 6.18 Å². The third-order valence-corrected chi connectivity index (χ3v) is 6.36. The fourth-order valence-electron chi connectivity index (χ4n) is 4.65. The molecule has 0 bridgehead atoms. The lowest BCUT2D eigenvalue weighted by Crippen LogP contribution is -2.29. The van der Waals surface area contributed by atoms with E-state index in [0.717, 1.165) is 35.4 Å². The summed E-state index contributed by atoms with van der Waals surface area (Å²) in [7, 11) is 0. The molecule has 9 heteroatoms. The van der Waals surface area contributed by atoms with Crippen molar-refractivity contribution < 1.29 is 37.0 Å². The van der Waals surface area contributed by atoms with Crippen molar-refractivity contribution in [3.63, 3.8) is 0 Å². The number of hydrogen-bond acceptors (Lipinski definition) is 5.